The number of halogens is 2. The van der Waals surface area contributed by atoms with Crippen molar-refractivity contribution in [3.05, 3.63) is 33.5 Å². The zero-order valence-corrected chi connectivity index (χ0v) is 13.5. The average Bonchev–Trinajstić information content (AvgIpc) is 2.36. The molecule has 0 aromatic carbocycles. The first-order valence-corrected chi connectivity index (χ1v) is 7.65. The van der Waals surface area contributed by atoms with Crippen LogP contribution in [0.5, 0.6) is 0 Å². The molecule has 0 unspecified atom stereocenters. The summed E-state index contributed by atoms with van der Waals surface area (Å²) in [5.41, 5.74) is 0. The van der Waals surface area contributed by atoms with E-state index in [0.717, 1.165) is 25.5 Å². The van der Waals surface area contributed by atoms with Gasteiger partial charge in [0.1, 0.15) is 10.1 Å². The van der Waals surface area contributed by atoms with E-state index in [9.17, 15) is 0 Å². The Labute approximate surface area is 126 Å². The Balaban J connectivity index is 2.22. The largest absolute Gasteiger partial charge is 0.354 e. The summed E-state index contributed by atoms with van der Waals surface area (Å²) in [4.78, 5) is 12.9. The third-order valence-electron chi connectivity index (χ3n) is 1.95. The van der Waals surface area contributed by atoms with Crippen LogP contribution in [0.25, 0.3) is 0 Å². The topological polar surface area (TPSA) is 50.7 Å². The molecule has 4 nitrogen and oxygen atoms in total. The van der Waals surface area contributed by atoms with Crippen molar-refractivity contribution < 1.29 is 0 Å². The Kier molecular flexibility index (Phi) is 4.96. The molecule has 0 bridgehead atoms. The van der Waals surface area contributed by atoms with Gasteiger partial charge in [0.05, 0.1) is 4.47 Å². The summed E-state index contributed by atoms with van der Waals surface area (Å²) >= 11 is 8.30. The fourth-order valence-corrected chi connectivity index (χ4v) is 2.58. The molecule has 0 atom stereocenters. The molecule has 0 radical (unpaired) electrons. The van der Waals surface area contributed by atoms with Crippen LogP contribution in [0.2, 0.25) is 0 Å². The molecule has 0 fully saturated rings. The molecule has 0 aliphatic carbocycles. The van der Waals surface area contributed by atoms with Crippen molar-refractivity contribution in [2.75, 3.05) is 11.9 Å². The molecule has 0 spiro atoms. The third-order valence-corrected chi connectivity index (χ3v) is 4.22. The SMILES string of the molecule is CCNc1ncc(Br)c(Sc2ccc(Br)cn2)n1. The number of aromatic nitrogens is 3. The third kappa shape index (κ3) is 3.66. The average molecular weight is 390 g/mol. The van der Waals surface area contributed by atoms with Crippen molar-refractivity contribution in [1.29, 1.82) is 0 Å². The van der Waals surface area contributed by atoms with Crippen LogP contribution in [0, 0.1) is 0 Å². The van der Waals surface area contributed by atoms with Gasteiger partial charge in [0.15, 0.2) is 0 Å². The van der Waals surface area contributed by atoms with E-state index in [-0.39, 0.29) is 0 Å². The van der Waals surface area contributed by atoms with E-state index in [1.54, 1.807) is 12.4 Å². The molecule has 18 heavy (non-hydrogen) atoms. The van der Waals surface area contributed by atoms with Gasteiger partial charge in [-0.1, -0.05) is 0 Å². The predicted molar refractivity (Wildman–Crippen MR) is 80.0 cm³/mol. The Morgan fingerprint density at radius 3 is 2.72 bits per heavy atom. The molecule has 0 saturated heterocycles. The highest BCUT2D eigenvalue weighted by Gasteiger charge is 2.07. The highest BCUT2D eigenvalue weighted by atomic mass is 79.9. The van der Waals surface area contributed by atoms with Gasteiger partial charge >= 0.3 is 0 Å². The van der Waals surface area contributed by atoms with E-state index >= 15 is 0 Å². The molecule has 0 aliphatic rings. The number of nitrogens with one attached hydrogen (secondary N) is 1. The molecule has 94 valence electrons. The van der Waals surface area contributed by atoms with E-state index in [4.69, 9.17) is 0 Å². The van der Waals surface area contributed by atoms with Gasteiger partial charge in [0.2, 0.25) is 5.95 Å². The number of hydrogen-bond donors (Lipinski definition) is 1. The fraction of sp³-hybridized carbons (Fsp3) is 0.182. The summed E-state index contributed by atoms with van der Waals surface area (Å²) in [7, 11) is 0. The first-order valence-electron chi connectivity index (χ1n) is 5.25. The van der Waals surface area contributed by atoms with Crippen LogP contribution in [0.1, 0.15) is 6.92 Å². The molecule has 2 aromatic rings. The van der Waals surface area contributed by atoms with E-state index < -0.39 is 0 Å². The highest BCUT2D eigenvalue weighted by molar-refractivity contribution is 9.10. The van der Waals surface area contributed by atoms with Crippen molar-refractivity contribution in [2.45, 2.75) is 17.0 Å². The molecule has 0 aliphatic heterocycles. The van der Waals surface area contributed by atoms with Gasteiger partial charge in [-0.3, -0.25) is 0 Å². The zero-order chi connectivity index (χ0) is 13.0. The number of nitrogens with zero attached hydrogens (tertiary/aromatic N) is 3. The summed E-state index contributed by atoms with van der Waals surface area (Å²) in [5, 5.41) is 4.82. The van der Waals surface area contributed by atoms with E-state index in [1.807, 2.05) is 19.1 Å². The Morgan fingerprint density at radius 1 is 1.22 bits per heavy atom. The Bertz CT molecular complexity index is 533. The van der Waals surface area contributed by atoms with Crippen molar-refractivity contribution in [1.82, 2.24) is 15.0 Å². The van der Waals surface area contributed by atoms with Crippen LogP contribution in [-0.4, -0.2) is 21.5 Å². The first-order chi connectivity index (χ1) is 8.69. The van der Waals surface area contributed by atoms with E-state index in [0.29, 0.717) is 5.95 Å². The summed E-state index contributed by atoms with van der Waals surface area (Å²) < 4.78 is 1.82. The molecular weight excluding hydrogens is 380 g/mol. The standard InChI is InChI=1S/C11H10Br2N4S/c1-2-14-11-16-6-8(13)10(17-11)18-9-4-3-7(12)5-15-9/h3-6H,2H2,1H3,(H,14,16,17). The maximum absolute atomic E-state index is 4.42. The van der Waals surface area contributed by atoms with Crippen LogP contribution in [0.4, 0.5) is 5.95 Å². The van der Waals surface area contributed by atoms with Crippen molar-refractivity contribution in [3.63, 3.8) is 0 Å². The second-order valence-electron chi connectivity index (χ2n) is 3.29. The van der Waals surface area contributed by atoms with Crippen LogP contribution >= 0.6 is 43.6 Å². The quantitative estimate of drug-likeness (QED) is 0.801. The van der Waals surface area contributed by atoms with Gasteiger partial charge in [-0.2, -0.15) is 0 Å². The van der Waals surface area contributed by atoms with Crippen molar-refractivity contribution in [2.24, 2.45) is 0 Å². The minimum absolute atomic E-state index is 0.625. The molecule has 7 heteroatoms. The van der Waals surface area contributed by atoms with Crippen molar-refractivity contribution >= 4 is 49.6 Å². The van der Waals surface area contributed by atoms with Crippen LogP contribution in [-0.2, 0) is 0 Å². The molecule has 2 heterocycles. The summed E-state index contributed by atoms with van der Waals surface area (Å²) in [6, 6.07) is 3.89. The maximum atomic E-state index is 4.42. The highest BCUT2D eigenvalue weighted by Crippen LogP contribution is 2.31. The monoisotopic (exact) mass is 388 g/mol. The van der Waals surface area contributed by atoms with Crippen LogP contribution in [0.3, 0.4) is 0 Å². The fourth-order valence-electron chi connectivity index (χ4n) is 1.19. The normalized spacial score (nSPS) is 10.4. The van der Waals surface area contributed by atoms with E-state index in [1.165, 1.54) is 11.8 Å². The second kappa shape index (κ2) is 6.49. The molecule has 2 aromatic heterocycles. The van der Waals surface area contributed by atoms with E-state index in [2.05, 4.69) is 52.1 Å². The zero-order valence-electron chi connectivity index (χ0n) is 9.52. The smallest absolute Gasteiger partial charge is 0.223 e. The molecule has 0 amide bonds. The van der Waals surface area contributed by atoms with Gasteiger partial charge in [-0.15, -0.1) is 0 Å². The summed E-state index contributed by atoms with van der Waals surface area (Å²) in [6.45, 7) is 2.80. The Hall–Kier alpha value is -0.660. The lowest BCUT2D eigenvalue weighted by molar-refractivity contribution is 0.994. The molecule has 2 rings (SSSR count). The van der Waals surface area contributed by atoms with Gasteiger partial charge in [-0.05, 0) is 62.7 Å². The van der Waals surface area contributed by atoms with Gasteiger partial charge < -0.3 is 5.32 Å². The summed E-state index contributed by atoms with van der Waals surface area (Å²) in [6.07, 6.45) is 3.51. The van der Waals surface area contributed by atoms with Crippen molar-refractivity contribution in [3.8, 4) is 0 Å². The number of hydrogen-bond acceptors (Lipinski definition) is 5. The Morgan fingerprint density at radius 2 is 2.06 bits per heavy atom. The lowest BCUT2D eigenvalue weighted by Crippen LogP contribution is -2.02. The lowest BCUT2D eigenvalue weighted by Gasteiger charge is -2.06. The first kappa shape index (κ1) is 13.8. The number of pyridine rings is 1. The van der Waals surface area contributed by atoms with Crippen LogP contribution in [0.15, 0.2) is 43.5 Å². The molecular formula is C11H10Br2N4S. The maximum Gasteiger partial charge on any atom is 0.223 e. The van der Waals surface area contributed by atoms with Gasteiger partial charge in [0, 0.05) is 23.4 Å². The minimum atomic E-state index is 0.625. The molecule has 0 saturated carbocycles. The number of anilines is 1. The molecule has 1 N–H and O–H groups in total. The van der Waals surface area contributed by atoms with Gasteiger partial charge in [-0.25, -0.2) is 15.0 Å². The van der Waals surface area contributed by atoms with Crippen LogP contribution < -0.4 is 5.32 Å². The van der Waals surface area contributed by atoms with Gasteiger partial charge in [0.25, 0.3) is 0 Å². The second-order valence-corrected chi connectivity index (χ2v) is 6.07. The summed E-state index contributed by atoms with van der Waals surface area (Å²) in [5.74, 6) is 0.625. The predicted octanol–water partition coefficient (Wildman–Crippen LogP) is 3.98. The minimum Gasteiger partial charge on any atom is -0.354 e. The number of rotatable bonds is 4. The lowest BCUT2D eigenvalue weighted by atomic mass is 10.5.